The van der Waals surface area contributed by atoms with Crippen molar-refractivity contribution in [2.45, 2.75) is 38.8 Å². The molecule has 5 nitrogen and oxygen atoms in total. The van der Waals surface area contributed by atoms with Crippen LogP contribution in [-0.2, 0) is 13.0 Å². The van der Waals surface area contributed by atoms with E-state index >= 15 is 0 Å². The van der Waals surface area contributed by atoms with Gasteiger partial charge in [-0.15, -0.1) is 0 Å². The zero-order valence-electron chi connectivity index (χ0n) is 17.4. The largest absolute Gasteiger partial charge is 0.338 e. The summed E-state index contributed by atoms with van der Waals surface area (Å²) >= 11 is 0. The molecule has 0 bridgehead atoms. The first-order chi connectivity index (χ1) is 14.5. The van der Waals surface area contributed by atoms with E-state index in [-0.39, 0.29) is 23.8 Å². The highest BCUT2D eigenvalue weighted by Crippen LogP contribution is 2.24. The van der Waals surface area contributed by atoms with Crippen molar-refractivity contribution in [2.75, 3.05) is 26.2 Å². The topological polar surface area (TPSA) is 43.9 Å². The van der Waals surface area contributed by atoms with Crippen LogP contribution in [0, 0.1) is 5.82 Å². The SMILES string of the molecule is CCc1ccc(C(=O)N2CCC(N3CCN(Cc4cccc(F)c4)C3=O)CC2)cc1. The van der Waals surface area contributed by atoms with Gasteiger partial charge < -0.3 is 14.7 Å². The average Bonchev–Trinajstić information content (AvgIpc) is 3.13. The second-order valence-electron chi connectivity index (χ2n) is 8.10. The molecule has 0 spiro atoms. The van der Waals surface area contributed by atoms with Gasteiger partial charge in [-0.05, 0) is 54.7 Å². The van der Waals surface area contributed by atoms with Crippen molar-refractivity contribution in [1.29, 1.82) is 0 Å². The molecule has 3 amide bonds. The van der Waals surface area contributed by atoms with Crippen molar-refractivity contribution in [1.82, 2.24) is 14.7 Å². The first kappa shape index (κ1) is 20.4. The molecule has 0 N–H and O–H groups in total. The van der Waals surface area contributed by atoms with Gasteiger partial charge in [-0.3, -0.25) is 4.79 Å². The number of benzene rings is 2. The Balaban J connectivity index is 1.31. The number of urea groups is 1. The summed E-state index contributed by atoms with van der Waals surface area (Å²) in [7, 11) is 0. The molecule has 2 aromatic rings. The molecule has 4 rings (SSSR count). The Hall–Kier alpha value is -2.89. The number of hydrogen-bond donors (Lipinski definition) is 0. The number of carbonyl (C=O) groups excluding carboxylic acids is 2. The van der Waals surface area contributed by atoms with Gasteiger partial charge in [0, 0.05) is 44.3 Å². The Bertz CT molecular complexity index is 907. The van der Waals surface area contributed by atoms with E-state index in [1.54, 1.807) is 11.0 Å². The van der Waals surface area contributed by atoms with Crippen molar-refractivity contribution < 1.29 is 14.0 Å². The maximum Gasteiger partial charge on any atom is 0.320 e. The summed E-state index contributed by atoms with van der Waals surface area (Å²) in [4.78, 5) is 31.2. The lowest BCUT2D eigenvalue weighted by Gasteiger charge is -2.36. The van der Waals surface area contributed by atoms with Gasteiger partial charge in [0.1, 0.15) is 5.82 Å². The molecular weight excluding hydrogens is 381 g/mol. The monoisotopic (exact) mass is 409 g/mol. The van der Waals surface area contributed by atoms with Crippen LogP contribution in [0.4, 0.5) is 9.18 Å². The lowest BCUT2D eigenvalue weighted by atomic mass is 10.0. The highest BCUT2D eigenvalue weighted by Gasteiger charge is 2.36. The Morgan fingerprint density at radius 1 is 1.00 bits per heavy atom. The van der Waals surface area contributed by atoms with Crippen molar-refractivity contribution in [3.63, 3.8) is 0 Å². The Kier molecular flexibility index (Phi) is 6.02. The van der Waals surface area contributed by atoms with Gasteiger partial charge in [0.05, 0.1) is 0 Å². The van der Waals surface area contributed by atoms with E-state index in [9.17, 15) is 14.0 Å². The summed E-state index contributed by atoms with van der Waals surface area (Å²) in [6.07, 6.45) is 2.54. The Morgan fingerprint density at radius 2 is 1.73 bits per heavy atom. The molecule has 0 atom stereocenters. The highest BCUT2D eigenvalue weighted by atomic mass is 19.1. The standard InChI is InChI=1S/C24H28FN3O2/c1-2-18-6-8-20(9-7-18)23(29)26-12-10-22(11-13-26)28-15-14-27(24(28)30)17-19-4-3-5-21(25)16-19/h3-9,16,22H,2,10-15,17H2,1H3. The molecule has 0 unspecified atom stereocenters. The average molecular weight is 410 g/mol. The fraction of sp³-hybridized carbons (Fsp3) is 0.417. The Labute approximate surface area is 177 Å². The smallest absolute Gasteiger partial charge is 0.320 e. The third-order valence-corrected chi connectivity index (χ3v) is 6.19. The number of piperidine rings is 1. The van der Waals surface area contributed by atoms with E-state index in [2.05, 4.69) is 6.92 Å². The number of amides is 3. The minimum atomic E-state index is -0.280. The molecule has 2 fully saturated rings. The van der Waals surface area contributed by atoms with Gasteiger partial charge in [-0.25, -0.2) is 9.18 Å². The summed E-state index contributed by atoms with van der Waals surface area (Å²) in [5.74, 6) is -0.214. The fourth-order valence-corrected chi connectivity index (χ4v) is 4.39. The van der Waals surface area contributed by atoms with Gasteiger partial charge in [0.15, 0.2) is 0 Å². The molecule has 2 saturated heterocycles. The molecule has 2 aliphatic rings. The lowest BCUT2D eigenvalue weighted by molar-refractivity contribution is 0.0663. The van der Waals surface area contributed by atoms with Crippen LogP contribution in [0.1, 0.15) is 41.3 Å². The predicted octanol–water partition coefficient (Wildman–Crippen LogP) is 3.93. The number of carbonyl (C=O) groups is 2. The zero-order chi connectivity index (χ0) is 21.1. The molecule has 2 aromatic carbocycles. The van der Waals surface area contributed by atoms with Crippen LogP contribution in [0.25, 0.3) is 0 Å². The number of rotatable bonds is 5. The van der Waals surface area contributed by atoms with Crippen molar-refractivity contribution >= 4 is 11.9 Å². The lowest BCUT2D eigenvalue weighted by Crippen LogP contribution is -2.48. The molecule has 30 heavy (non-hydrogen) atoms. The van der Waals surface area contributed by atoms with E-state index < -0.39 is 0 Å². The molecular formula is C24H28FN3O2. The molecule has 0 radical (unpaired) electrons. The van der Waals surface area contributed by atoms with E-state index in [0.29, 0.717) is 32.7 Å². The minimum Gasteiger partial charge on any atom is -0.338 e. The van der Waals surface area contributed by atoms with Crippen LogP contribution >= 0.6 is 0 Å². The molecule has 0 saturated carbocycles. The minimum absolute atomic E-state index is 0.0131. The van der Waals surface area contributed by atoms with Crippen LogP contribution in [-0.4, -0.2) is 58.9 Å². The van der Waals surface area contributed by atoms with E-state index in [1.807, 2.05) is 40.1 Å². The van der Waals surface area contributed by atoms with Crippen LogP contribution in [0.3, 0.4) is 0 Å². The summed E-state index contributed by atoms with van der Waals surface area (Å²) in [5.41, 5.74) is 2.75. The van der Waals surface area contributed by atoms with Gasteiger partial charge in [0.25, 0.3) is 5.91 Å². The predicted molar refractivity (Wildman–Crippen MR) is 114 cm³/mol. The molecule has 2 aliphatic heterocycles. The number of nitrogens with zero attached hydrogens (tertiary/aromatic N) is 3. The maximum absolute atomic E-state index is 13.4. The van der Waals surface area contributed by atoms with Crippen molar-refractivity contribution in [2.24, 2.45) is 0 Å². The Morgan fingerprint density at radius 3 is 2.40 bits per heavy atom. The number of halogens is 1. The second kappa shape index (κ2) is 8.86. The molecule has 0 aliphatic carbocycles. The first-order valence-corrected chi connectivity index (χ1v) is 10.7. The summed E-state index contributed by atoms with van der Waals surface area (Å²) in [6, 6.07) is 14.4. The highest BCUT2D eigenvalue weighted by molar-refractivity contribution is 5.94. The number of hydrogen-bond acceptors (Lipinski definition) is 2. The summed E-state index contributed by atoms with van der Waals surface area (Å²) < 4.78 is 13.4. The third-order valence-electron chi connectivity index (χ3n) is 6.19. The number of aryl methyl sites for hydroxylation is 1. The zero-order valence-corrected chi connectivity index (χ0v) is 17.4. The summed E-state index contributed by atoms with van der Waals surface area (Å²) in [6.45, 7) is 5.18. The van der Waals surface area contributed by atoms with Crippen LogP contribution in [0.15, 0.2) is 48.5 Å². The third kappa shape index (κ3) is 4.32. The van der Waals surface area contributed by atoms with Crippen molar-refractivity contribution in [3.05, 3.63) is 71.0 Å². The van der Waals surface area contributed by atoms with E-state index in [1.165, 1.54) is 17.7 Å². The molecule has 0 aromatic heterocycles. The van der Waals surface area contributed by atoms with Gasteiger partial charge in [0.2, 0.25) is 0 Å². The fourth-order valence-electron chi connectivity index (χ4n) is 4.39. The molecule has 6 heteroatoms. The van der Waals surface area contributed by atoms with E-state index in [4.69, 9.17) is 0 Å². The summed E-state index contributed by atoms with van der Waals surface area (Å²) in [5, 5.41) is 0. The first-order valence-electron chi connectivity index (χ1n) is 10.7. The number of likely N-dealkylation sites (tertiary alicyclic amines) is 1. The van der Waals surface area contributed by atoms with E-state index in [0.717, 1.165) is 30.4 Å². The van der Waals surface area contributed by atoms with Gasteiger partial charge in [-0.2, -0.15) is 0 Å². The molecule has 2 heterocycles. The van der Waals surface area contributed by atoms with Crippen LogP contribution in [0.2, 0.25) is 0 Å². The van der Waals surface area contributed by atoms with Crippen LogP contribution < -0.4 is 0 Å². The van der Waals surface area contributed by atoms with Crippen molar-refractivity contribution in [3.8, 4) is 0 Å². The second-order valence-corrected chi connectivity index (χ2v) is 8.10. The van der Waals surface area contributed by atoms with Gasteiger partial charge in [-0.1, -0.05) is 31.2 Å². The van der Waals surface area contributed by atoms with Crippen LogP contribution in [0.5, 0.6) is 0 Å². The maximum atomic E-state index is 13.4. The molecule has 158 valence electrons. The normalized spacial score (nSPS) is 17.7. The quantitative estimate of drug-likeness (QED) is 0.751. The van der Waals surface area contributed by atoms with Gasteiger partial charge >= 0.3 is 6.03 Å².